The van der Waals surface area contributed by atoms with Gasteiger partial charge >= 0.3 is 5.97 Å². The molecule has 0 radical (unpaired) electrons. The molecule has 5 aliphatic rings. The van der Waals surface area contributed by atoms with Crippen molar-refractivity contribution in [3.05, 3.63) is 11.6 Å². The molecule has 3 heteroatoms. The van der Waals surface area contributed by atoms with Gasteiger partial charge in [0.15, 0.2) is 0 Å². The van der Waals surface area contributed by atoms with Crippen molar-refractivity contribution in [2.24, 2.45) is 56.2 Å². The number of esters is 1. The van der Waals surface area contributed by atoms with E-state index in [4.69, 9.17) is 4.74 Å². The quantitative estimate of drug-likeness (QED) is 0.0397. The van der Waals surface area contributed by atoms with Gasteiger partial charge in [-0.15, -0.1) is 0 Å². The predicted molar refractivity (Wildman–Crippen MR) is 294 cm³/mol. The fourth-order valence-electron chi connectivity index (χ4n) is 17.1. The van der Waals surface area contributed by atoms with Crippen LogP contribution in [0.25, 0.3) is 0 Å². The van der Waals surface area contributed by atoms with Gasteiger partial charge in [0.2, 0.25) is 0 Å². The summed E-state index contributed by atoms with van der Waals surface area (Å²) >= 11 is 0. The number of carbonyl (C=O) groups excluding carboxylic acids is 1. The molecule has 9 unspecified atom stereocenters. The molecular formula is C65H118O3. The maximum Gasteiger partial charge on any atom is 0.306 e. The number of carbonyl (C=O) groups is 1. The monoisotopic (exact) mass is 947 g/mol. The Hall–Kier alpha value is -0.830. The Bertz CT molecular complexity index is 1460. The van der Waals surface area contributed by atoms with Gasteiger partial charge in [-0.05, 0) is 110 Å². The second kappa shape index (κ2) is 28.0. The molecule has 4 fully saturated rings. The summed E-state index contributed by atoms with van der Waals surface area (Å²) in [6, 6.07) is 0. The number of hydrogen-bond acceptors (Lipinski definition) is 3. The lowest BCUT2D eigenvalue weighted by atomic mass is 9.32. The first-order chi connectivity index (χ1) is 32.6. The second-order valence-corrected chi connectivity index (χ2v) is 27.4. The Morgan fingerprint density at radius 1 is 0.559 bits per heavy atom. The first-order valence-corrected chi connectivity index (χ1v) is 31.1. The van der Waals surface area contributed by atoms with Gasteiger partial charge in [0, 0.05) is 23.9 Å². The smallest absolute Gasteiger partial charge is 0.306 e. The highest BCUT2D eigenvalue weighted by molar-refractivity contribution is 5.69. The summed E-state index contributed by atoms with van der Waals surface area (Å²) in [7, 11) is 0. The number of ether oxygens (including phenoxy) is 1. The highest BCUT2D eigenvalue weighted by Crippen LogP contribution is 2.76. The summed E-state index contributed by atoms with van der Waals surface area (Å²) in [5.74, 6) is 2.31. The minimum absolute atomic E-state index is 0.0149. The average molecular weight is 948 g/mol. The molecule has 5 aliphatic carbocycles. The van der Waals surface area contributed by atoms with Crippen LogP contribution in [0.3, 0.4) is 0 Å². The number of hydrogen-bond donors (Lipinski definition) is 1. The third-order valence-corrected chi connectivity index (χ3v) is 21.8. The zero-order valence-electron chi connectivity index (χ0n) is 47.4. The molecule has 5 rings (SSSR count). The van der Waals surface area contributed by atoms with Crippen LogP contribution in [-0.2, 0) is 9.53 Å². The van der Waals surface area contributed by atoms with E-state index in [2.05, 4.69) is 68.4 Å². The van der Waals surface area contributed by atoms with E-state index in [0.717, 1.165) is 19.3 Å². The fourth-order valence-corrected chi connectivity index (χ4v) is 17.1. The molecule has 396 valence electrons. The van der Waals surface area contributed by atoms with E-state index < -0.39 is 0 Å². The highest BCUT2D eigenvalue weighted by atomic mass is 16.5. The lowest BCUT2D eigenvalue weighted by Gasteiger charge is -2.72. The molecule has 0 saturated heterocycles. The molecule has 0 spiro atoms. The first kappa shape index (κ1) is 58.1. The molecule has 0 aromatic carbocycles. The number of fused-ring (bicyclic) bond motifs is 7. The van der Waals surface area contributed by atoms with Gasteiger partial charge in [-0.1, -0.05) is 267 Å². The van der Waals surface area contributed by atoms with E-state index in [1.54, 1.807) is 5.57 Å². The third-order valence-electron chi connectivity index (χ3n) is 21.8. The summed E-state index contributed by atoms with van der Waals surface area (Å²) in [5.41, 5.74) is 2.79. The van der Waals surface area contributed by atoms with Gasteiger partial charge in [0.25, 0.3) is 0 Å². The maximum absolute atomic E-state index is 13.4. The number of allylic oxidation sites excluding steroid dienone is 2. The molecule has 0 aliphatic heterocycles. The van der Waals surface area contributed by atoms with E-state index in [-0.39, 0.29) is 39.1 Å². The third kappa shape index (κ3) is 14.9. The predicted octanol–water partition coefficient (Wildman–Crippen LogP) is 20.4. The zero-order valence-corrected chi connectivity index (χ0v) is 47.4. The van der Waals surface area contributed by atoms with E-state index in [1.807, 2.05) is 0 Å². The van der Waals surface area contributed by atoms with Crippen LogP contribution in [0.1, 0.15) is 326 Å². The summed E-state index contributed by atoms with van der Waals surface area (Å²) in [6.45, 7) is 23.0. The molecule has 4 saturated carbocycles. The van der Waals surface area contributed by atoms with Crippen molar-refractivity contribution in [3.8, 4) is 0 Å². The number of aliphatic hydroxyl groups is 1. The van der Waals surface area contributed by atoms with E-state index in [1.165, 1.54) is 238 Å². The van der Waals surface area contributed by atoms with Gasteiger partial charge in [-0.3, -0.25) is 4.79 Å². The second-order valence-electron chi connectivity index (χ2n) is 27.4. The topological polar surface area (TPSA) is 46.5 Å². The zero-order chi connectivity index (χ0) is 49.2. The lowest BCUT2D eigenvalue weighted by molar-refractivity contribution is -0.217. The molecule has 0 aromatic rings. The van der Waals surface area contributed by atoms with E-state index in [9.17, 15) is 9.90 Å². The van der Waals surface area contributed by atoms with Gasteiger partial charge in [0.05, 0.1) is 0 Å². The Morgan fingerprint density at radius 2 is 1.00 bits per heavy atom. The summed E-state index contributed by atoms with van der Waals surface area (Å²) < 4.78 is 6.48. The summed E-state index contributed by atoms with van der Waals surface area (Å²) in [5, 5.41) is 11.1. The minimum Gasteiger partial charge on any atom is -0.462 e. The van der Waals surface area contributed by atoms with Gasteiger partial charge < -0.3 is 9.84 Å². The standard InChI is InChI=1S/C65H118O3/c1-10-11-12-13-14-15-16-17-18-19-20-21-22-23-24-25-26-27-28-29-30-31-32-33-34-35-36-37-38-39-40-41-59(67)68-58-45-46-62(7)56(61(58,5)6)44-47-63(8)57(62)43-42-54-55-51-60(3,4)48-49-65(55,52-66)53(2)50-64(54,63)9/h42,53,55-58,66H,10-41,43-52H2,1-9H3. The molecule has 3 nitrogen and oxygen atoms in total. The van der Waals surface area contributed by atoms with Crippen molar-refractivity contribution in [1.29, 1.82) is 0 Å². The van der Waals surface area contributed by atoms with Gasteiger partial charge in [-0.2, -0.15) is 0 Å². The number of rotatable bonds is 34. The first-order valence-electron chi connectivity index (χ1n) is 31.1. The minimum atomic E-state index is -0.0149. The normalized spacial score (nSPS) is 32.7. The molecule has 0 heterocycles. The van der Waals surface area contributed by atoms with Crippen molar-refractivity contribution >= 4 is 5.97 Å². The van der Waals surface area contributed by atoms with Crippen molar-refractivity contribution in [2.45, 2.75) is 332 Å². The van der Waals surface area contributed by atoms with Crippen molar-refractivity contribution in [3.63, 3.8) is 0 Å². The van der Waals surface area contributed by atoms with Crippen LogP contribution < -0.4 is 0 Å². The Kier molecular flexibility index (Phi) is 23.9. The SMILES string of the molecule is CCCCCCCCCCCCCCCCCCCCCCCCCCCCCCCCCC(=O)OC1CCC2(C)C(CCC3(C)C2CC=C2C4CC(C)(C)CCC4(CO)C(C)CC23C)C1(C)C. The molecule has 0 bridgehead atoms. The van der Waals surface area contributed by atoms with E-state index >= 15 is 0 Å². The molecule has 9 atom stereocenters. The van der Waals surface area contributed by atoms with Gasteiger partial charge in [-0.25, -0.2) is 0 Å². The molecule has 1 N–H and O–H groups in total. The van der Waals surface area contributed by atoms with Crippen LogP contribution in [0.15, 0.2) is 11.6 Å². The lowest BCUT2D eigenvalue weighted by Crippen LogP contribution is -2.66. The van der Waals surface area contributed by atoms with Crippen molar-refractivity contribution < 1.29 is 14.6 Å². The van der Waals surface area contributed by atoms with Crippen LogP contribution in [0.4, 0.5) is 0 Å². The van der Waals surface area contributed by atoms with Crippen molar-refractivity contribution in [2.75, 3.05) is 6.61 Å². The Morgan fingerprint density at radius 3 is 1.44 bits per heavy atom. The van der Waals surface area contributed by atoms with Crippen LogP contribution >= 0.6 is 0 Å². The average Bonchev–Trinajstić information content (AvgIpc) is 3.29. The van der Waals surface area contributed by atoms with Crippen LogP contribution in [0.5, 0.6) is 0 Å². The molecule has 0 aromatic heterocycles. The molecular weight excluding hydrogens is 829 g/mol. The van der Waals surface area contributed by atoms with E-state index in [0.29, 0.717) is 42.1 Å². The fraction of sp³-hybridized carbons (Fsp3) is 0.954. The summed E-state index contributed by atoms with van der Waals surface area (Å²) in [6.07, 6.45) is 58.0. The number of unbranched alkanes of at least 4 members (excludes halogenated alkanes) is 30. The number of aliphatic hydroxyl groups excluding tert-OH is 1. The Labute approximate surface area is 424 Å². The van der Waals surface area contributed by atoms with Gasteiger partial charge in [0.1, 0.15) is 6.10 Å². The van der Waals surface area contributed by atoms with Crippen LogP contribution in [0.2, 0.25) is 0 Å². The van der Waals surface area contributed by atoms with Crippen molar-refractivity contribution in [1.82, 2.24) is 0 Å². The Balaban J connectivity index is 0.849. The highest BCUT2D eigenvalue weighted by Gasteiger charge is 2.69. The molecule has 68 heavy (non-hydrogen) atoms. The largest absolute Gasteiger partial charge is 0.462 e. The maximum atomic E-state index is 13.4. The van der Waals surface area contributed by atoms with Crippen LogP contribution in [0, 0.1) is 56.2 Å². The molecule has 0 amide bonds. The van der Waals surface area contributed by atoms with Crippen LogP contribution in [-0.4, -0.2) is 23.8 Å². The summed E-state index contributed by atoms with van der Waals surface area (Å²) in [4.78, 5) is 13.4.